The number of carbonyl (C=O) groups is 1. The molecule has 1 atom stereocenters. The first-order valence-electron chi connectivity index (χ1n) is 9.93. The van der Waals surface area contributed by atoms with E-state index in [9.17, 15) is 18.4 Å². The maximum atomic E-state index is 13.4. The first-order valence-corrected chi connectivity index (χ1v) is 10.3. The first-order chi connectivity index (χ1) is 15.9. The summed E-state index contributed by atoms with van der Waals surface area (Å²) >= 11 is 6.22. The van der Waals surface area contributed by atoms with Gasteiger partial charge in [-0.3, -0.25) is 14.2 Å². The number of aromatic nitrogens is 5. The lowest BCUT2D eigenvalue weighted by Crippen LogP contribution is -2.46. The number of para-hydroxylation sites is 1. The minimum atomic E-state index is -3.23. The van der Waals surface area contributed by atoms with Crippen molar-refractivity contribution in [2.45, 2.75) is 18.9 Å². The van der Waals surface area contributed by atoms with E-state index in [1.54, 1.807) is 41.4 Å². The van der Waals surface area contributed by atoms with E-state index in [2.05, 4.69) is 15.1 Å². The molecule has 3 aromatic heterocycles. The predicted molar refractivity (Wildman–Crippen MR) is 117 cm³/mol. The molecule has 4 heterocycles. The van der Waals surface area contributed by atoms with Crippen molar-refractivity contribution in [3.63, 3.8) is 0 Å². The van der Waals surface area contributed by atoms with Crippen molar-refractivity contribution in [1.29, 1.82) is 0 Å². The summed E-state index contributed by atoms with van der Waals surface area (Å²) < 4.78 is 29.2. The lowest BCUT2D eigenvalue weighted by molar-refractivity contribution is 0.0678. The second kappa shape index (κ2) is 7.93. The Bertz CT molecular complexity index is 1440. The van der Waals surface area contributed by atoms with Crippen molar-refractivity contribution in [2.75, 3.05) is 17.2 Å². The van der Waals surface area contributed by atoms with Gasteiger partial charge in [0.25, 0.3) is 5.56 Å². The molecule has 1 aliphatic heterocycles. The van der Waals surface area contributed by atoms with E-state index in [4.69, 9.17) is 17.3 Å². The lowest BCUT2D eigenvalue weighted by Gasteiger charge is -2.42. The molecule has 0 aliphatic carbocycles. The molecule has 1 aliphatic rings. The molecule has 0 amide bonds. The van der Waals surface area contributed by atoms with Crippen molar-refractivity contribution in [1.82, 2.24) is 24.1 Å². The first kappa shape index (κ1) is 21.0. The van der Waals surface area contributed by atoms with Gasteiger partial charge in [-0.15, -0.1) is 0 Å². The van der Waals surface area contributed by atoms with Crippen molar-refractivity contribution in [3.05, 3.63) is 75.6 Å². The Morgan fingerprint density at radius 1 is 1.21 bits per heavy atom. The largest absolute Gasteiger partial charge is 0.368 e. The third kappa shape index (κ3) is 3.41. The van der Waals surface area contributed by atoms with Crippen LogP contribution in [0.25, 0.3) is 11.2 Å². The Labute approximate surface area is 190 Å². The van der Waals surface area contributed by atoms with Gasteiger partial charge in [0.15, 0.2) is 5.82 Å². The fraction of sp³-hybridized carbons (Fsp3) is 0.190. The molecule has 2 N–H and O–H groups in total. The number of Topliss-reactive ketones (excluding diaryl/α,β-unsaturated/α-hetero) is 1. The molecular weight excluding hydrogens is 456 g/mol. The van der Waals surface area contributed by atoms with E-state index >= 15 is 0 Å². The van der Waals surface area contributed by atoms with E-state index in [0.29, 0.717) is 24.5 Å². The number of nitrogens with two attached hydrogens (primary N) is 1. The van der Waals surface area contributed by atoms with Gasteiger partial charge in [0.05, 0.1) is 22.3 Å². The van der Waals surface area contributed by atoms with Crippen LogP contribution in [0.15, 0.2) is 53.6 Å². The van der Waals surface area contributed by atoms with Crippen LogP contribution in [-0.2, 0) is 0 Å². The zero-order valence-corrected chi connectivity index (χ0v) is 17.7. The fourth-order valence-electron chi connectivity index (χ4n) is 3.90. The lowest BCUT2D eigenvalue weighted by atomic mass is 10.00. The van der Waals surface area contributed by atoms with Crippen LogP contribution >= 0.6 is 11.6 Å². The van der Waals surface area contributed by atoms with E-state index in [-0.39, 0.29) is 33.4 Å². The standard InChI is InChI=1S/C21H16ClF2N7O2/c22-13-6-9-30-15(13)20(33)31(11-4-2-1-3-5-11)19(28-30)14-7-8-29(14)18-12(16(32)17(23)24)10-26-21(25)27-18/h1-6,9-10,14,17H,7-8H2,(H2,25,26,27)/t14-/m0/s1. The molecule has 4 aromatic rings. The van der Waals surface area contributed by atoms with Crippen LogP contribution in [0, 0.1) is 0 Å². The van der Waals surface area contributed by atoms with Crippen molar-refractivity contribution < 1.29 is 13.6 Å². The Hall–Kier alpha value is -3.86. The number of carbonyl (C=O) groups excluding carboxylic acids is 1. The highest BCUT2D eigenvalue weighted by molar-refractivity contribution is 6.33. The number of hydrogen-bond acceptors (Lipinski definition) is 7. The highest BCUT2D eigenvalue weighted by atomic mass is 35.5. The Kier molecular flexibility index (Phi) is 5.05. The van der Waals surface area contributed by atoms with Gasteiger partial charge >= 0.3 is 6.43 Å². The molecule has 0 unspecified atom stereocenters. The van der Waals surface area contributed by atoms with Crippen LogP contribution in [0.5, 0.6) is 0 Å². The maximum Gasteiger partial charge on any atom is 0.300 e. The van der Waals surface area contributed by atoms with Gasteiger partial charge in [-0.25, -0.2) is 18.3 Å². The predicted octanol–water partition coefficient (Wildman–Crippen LogP) is 2.91. The van der Waals surface area contributed by atoms with Gasteiger partial charge in [0.1, 0.15) is 11.3 Å². The molecule has 0 radical (unpaired) electrons. The molecular formula is C21H16ClF2N7O2. The second-order valence-electron chi connectivity index (χ2n) is 7.42. The van der Waals surface area contributed by atoms with E-state index in [1.165, 1.54) is 9.08 Å². The summed E-state index contributed by atoms with van der Waals surface area (Å²) in [4.78, 5) is 34.9. The zero-order chi connectivity index (χ0) is 23.3. The average Bonchev–Trinajstić information content (AvgIpc) is 3.14. The molecule has 33 heavy (non-hydrogen) atoms. The van der Waals surface area contributed by atoms with Crippen LogP contribution in [0.3, 0.4) is 0 Å². The summed E-state index contributed by atoms with van der Waals surface area (Å²) in [7, 11) is 0. The topological polar surface area (TPSA) is 111 Å². The molecule has 1 saturated heterocycles. The van der Waals surface area contributed by atoms with Gasteiger partial charge in [0, 0.05) is 18.9 Å². The third-order valence-corrected chi connectivity index (χ3v) is 5.82. The number of hydrogen-bond donors (Lipinski definition) is 1. The number of halogens is 3. The quantitative estimate of drug-likeness (QED) is 0.445. The van der Waals surface area contributed by atoms with Crippen molar-refractivity contribution in [2.24, 2.45) is 0 Å². The molecule has 0 bridgehead atoms. The SMILES string of the molecule is Nc1ncc(C(=O)C(F)F)c(N2CC[C@H]2c2nn3ccc(Cl)c3c(=O)n2-c2ccccc2)n1. The van der Waals surface area contributed by atoms with Crippen LogP contribution < -0.4 is 16.2 Å². The maximum absolute atomic E-state index is 13.4. The van der Waals surface area contributed by atoms with Crippen molar-refractivity contribution >= 4 is 34.7 Å². The monoisotopic (exact) mass is 471 g/mol. The van der Waals surface area contributed by atoms with Gasteiger partial charge in [-0.2, -0.15) is 10.1 Å². The summed E-state index contributed by atoms with van der Waals surface area (Å²) in [6.45, 7) is 0.389. The Morgan fingerprint density at radius 2 is 1.97 bits per heavy atom. The number of fused-ring (bicyclic) bond motifs is 1. The number of nitrogen functional groups attached to an aromatic ring is 1. The molecule has 0 spiro atoms. The van der Waals surface area contributed by atoms with Crippen LogP contribution in [0.4, 0.5) is 20.5 Å². The molecule has 9 nitrogen and oxygen atoms in total. The third-order valence-electron chi connectivity index (χ3n) is 5.52. The molecule has 1 fully saturated rings. The van der Waals surface area contributed by atoms with E-state index < -0.39 is 18.3 Å². The molecule has 0 saturated carbocycles. The number of anilines is 2. The average molecular weight is 472 g/mol. The summed E-state index contributed by atoms with van der Waals surface area (Å²) in [6, 6.07) is 9.88. The Balaban J connectivity index is 1.70. The van der Waals surface area contributed by atoms with Gasteiger partial charge in [-0.05, 0) is 24.6 Å². The fourth-order valence-corrected chi connectivity index (χ4v) is 4.12. The molecule has 5 rings (SSSR count). The number of ketones is 1. The zero-order valence-electron chi connectivity index (χ0n) is 16.9. The van der Waals surface area contributed by atoms with E-state index in [1.807, 2.05) is 6.07 Å². The number of alkyl halides is 2. The molecule has 1 aromatic carbocycles. The van der Waals surface area contributed by atoms with Gasteiger partial charge in [-0.1, -0.05) is 29.8 Å². The van der Waals surface area contributed by atoms with Crippen LogP contribution in [0.1, 0.15) is 28.6 Å². The number of rotatable bonds is 5. The summed E-state index contributed by atoms with van der Waals surface area (Å²) in [5.74, 6) is -1.26. The van der Waals surface area contributed by atoms with Crippen LogP contribution in [0.2, 0.25) is 5.02 Å². The summed E-state index contributed by atoms with van der Waals surface area (Å²) in [5.41, 5.74) is 5.72. The highest BCUT2D eigenvalue weighted by Gasteiger charge is 2.38. The molecule has 12 heteroatoms. The normalized spacial score (nSPS) is 15.8. The second-order valence-corrected chi connectivity index (χ2v) is 7.83. The summed E-state index contributed by atoms with van der Waals surface area (Å²) in [6.07, 6.45) is -0.134. The minimum absolute atomic E-state index is 0.0245. The van der Waals surface area contributed by atoms with Gasteiger partial charge < -0.3 is 10.6 Å². The van der Waals surface area contributed by atoms with Gasteiger partial charge in [0.2, 0.25) is 11.7 Å². The van der Waals surface area contributed by atoms with Crippen LogP contribution in [-0.4, -0.2) is 42.9 Å². The van der Waals surface area contributed by atoms with Crippen molar-refractivity contribution in [3.8, 4) is 5.69 Å². The smallest absolute Gasteiger partial charge is 0.300 e. The Morgan fingerprint density at radius 3 is 2.64 bits per heavy atom. The van der Waals surface area contributed by atoms with E-state index in [0.717, 1.165) is 6.20 Å². The number of benzene rings is 1. The minimum Gasteiger partial charge on any atom is -0.368 e. The molecule has 168 valence electrons. The number of nitrogens with zero attached hydrogens (tertiary/aromatic N) is 6. The summed E-state index contributed by atoms with van der Waals surface area (Å²) in [5, 5.41) is 4.86. The highest BCUT2D eigenvalue weighted by Crippen LogP contribution is 2.38.